The van der Waals surface area contributed by atoms with Gasteiger partial charge in [-0.2, -0.15) is 10.2 Å². The molecule has 0 aliphatic heterocycles. The van der Waals surface area contributed by atoms with Crippen LogP contribution in [0.1, 0.15) is 11.1 Å². The summed E-state index contributed by atoms with van der Waals surface area (Å²) in [5.74, 6) is 1.21. The lowest BCUT2D eigenvalue weighted by Gasteiger charge is -2.02. The molecule has 2 aromatic rings. The molecule has 0 radical (unpaired) electrons. The maximum atomic E-state index is 9.76. The number of ether oxygens (including phenoxy) is 2. The summed E-state index contributed by atoms with van der Waals surface area (Å²) < 4.78 is 9.99. The van der Waals surface area contributed by atoms with E-state index in [4.69, 9.17) is 9.47 Å². The molecule has 0 aromatic heterocycles. The summed E-state index contributed by atoms with van der Waals surface area (Å²) in [6.45, 7) is 0. The van der Waals surface area contributed by atoms with Crippen molar-refractivity contribution in [1.82, 2.24) is 0 Å². The maximum Gasteiger partial charge on any atom is 0.128 e. The highest BCUT2D eigenvalue weighted by molar-refractivity contribution is 5.86. The molecule has 0 spiro atoms. The van der Waals surface area contributed by atoms with E-state index in [1.807, 2.05) is 0 Å². The molecular weight excluding hydrogens is 284 g/mol. The molecule has 0 unspecified atom stereocenters. The third-order valence-corrected chi connectivity index (χ3v) is 2.94. The molecule has 22 heavy (non-hydrogen) atoms. The fourth-order valence-corrected chi connectivity index (χ4v) is 1.71. The zero-order chi connectivity index (χ0) is 15.9. The molecule has 6 nitrogen and oxygen atoms in total. The Balaban J connectivity index is 2.09. The Kier molecular flexibility index (Phi) is 4.98. The maximum absolute atomic E-state index is 9.76. The van der Waals surface area contributed by atoms with Gasteiger partial charge in [0.2, 0.25) is 0 Å². The number of benzene rings is 2. The van der Waals surface area contributed by atoms with Gasteiger partial charge in [-0.15, -0.1) is 0 Å². The van der Waals surface area contributed by atoms with E-state index >= 15 is 0 Å². The van der Waals surface area contributed by atoms with Crippen molar-refractivity contribution in [2.45, 2.75) is 0 Å². The fraction of sp³-hybridized carbons (Fsp3) is 0.125. The van der Waals surface area contributed by atoms with Gasteiger partial charge in [0, 0.05) is 23.3 Å². The van der Waals surface area contributed by atoms with Crippen LogP contribution >= 0.6 is 0 Å². The lowest BCUT2D eigenvalue weighted by atomic mass is 10.2. The van der Waals surface area contributed by atoms with Crippen LogP contribution < -0.4 is 9.47 Å². The van der Waals surface area contributed by atoms with E-state index in [1.54, 1.807) is 24.3 Å². The van der Waals surface area contributed by atoms with E-state index in [9.17, 15) is 10.2 Å². The van der Waals surface area contributed by atoms with Gasteiger partial charge in [-0.1, -0.05) is 0 Å². The second-order valence-electron chi connectivity index (χ2n) is 4.34. The minimum Gasteiger partial charge on any atom is -0.507 e. The highest BCUT2D eigenvalue weighted by Crippen LogP contribution is 2.23. The van der Waals surface area contributed by atoms with Gasteiger partial charge in [0.05, 0.1) is 26.6 Å². The summed E-state index contributed by atoms with van der Waals surface area (Å²) >= 11 is 0. The van der Waals surface area contributed by atoms with Gasteiger partial charge in [-0.05, 0) is 24.3 Å². The first kappa shape index (κ1) is 15.4. The predicted octanol–water partition coefficient (Wildman–Crippen LogP) is 2.57. The first-order valence-corrected chi connectivity index (χ1v) is 6.44. The number of rotatable bonds is 5. The standard InChI is InChI=1S/C16H16N2O4/c1-21-13-5-3-11(15(19)7-13)9-17-18-10-12-4-6-14(22-2)8-16(12)20/h3-10,19-20H,1-2H3. The fourth-order valence-electron chi connectivity index (χ4n) is 1.71. The normalized spacial score (nSPS) is 11.2. The van der Waals surface area contributed by atoms with Crippen molar-refractivity contribution in [2.75, 3.05) is 14.2 Å². The smallest absolute Gasteiger partial charge is 0.128 e. The zero-order valence-corrected chi connectivity index (χ0v) is 12.2. The van der Waals surface area contributed by atoms with Crippen LogP contribution in [0.3, 0.4) is 0 Å². The molecule has 0 heterocycles. The van der Waals surface area contributed by atoms with Crippen LogP contribution in [0.15, 0.2) is 46.6 Å². The quantitative estimate of drug-likeness (QED) is 0.656. The second kappa shape index (κ2) is 7.12. The Morgan fingerprint density at radius 1 is 0.773 bits per heavy atom. The van der Waals surface area contributed by atoms with Gasteiger partial charge in [0.15, 0.2) is 0 Å². The van der Waals surface area contributed by atoms with E-state index in [0.29, 0.717) is 22.6 Å². The Morgan fingerprint density at radius 2 is 1.18 bits per heavy atom. The highest BCUT2D eigenvalue weighted by Gasteiger charge is 2.01. The summed E-state index contributed by atoms with van der Waals surface area (Å²) in [6, 6.07) is 9.72. The predicted molar refractivity (Wildman–Crippen MR) is 84.5 cm³/mol. The van der Waals surface area contributed by atoms with Gasteiger partial charge in [-0.25, -0.2) is 0 Å². The number of phenolic OH excluding ortho intramolecular Hbond substituents is 2. The van der Waals surface area contributed by atoms with Crippen LogP contribution in [-0.2, 0) is 0 Å². The number of phenols is 2. The van der Waals surface area contributed by atoms with Crippen molar-refractivity contribution in [2.24, 2.45) is 10.2 Å². The molecule has 2 N–H and O–H groups in total. The molecule has 0 atom stereocenters. The average Bonchev–Trinajstić information content (AvgIpc) is 2.53. The summed E-state index contributed by atoms with van der Waals surface area (Å²) in [4.78, 5) is 0. The molecule has 6 heteroatoms. The minimum absolute atomic E-state index is 0.0468. The molecular formula is C16H16N2O4. The van der Waals surface area contributed by atoms with Gasteiger partial charge in [0.1, 0.15) is 23.0 Å². The number of hydrogen-bond donors (Lipinski definition) is 2. The molecule has 0 bridgehead atoms. The van der Waals surface area contributed by atoms with E-state index in [2.05, 4.69) is 10.2 Å². The second-order valence-corrected chi connectivity index (χ2v) is 4.34. The summed E-state index contributed by atoms with van der Waals surface area (Å²) in [5.41, 5.74) is 1.02. The number of hydrogen-bond acceptors (Lipinski definition) is 6. The van der Waals surface area contributed by atoms with Crippen molar-refractivity contribution in [1.29, 1.82) is 0 Å². The van der Waals surface area contributed by atoms with Crippen molar-refractivity contribution >= 4 is 12.4 Å². The van der Waals surface area contributed by atoms with Crippen molar-refractivity contribution < 1.29 is 19.7 Å². The monoisotopic (exact) mass is 300 g/mol. The van der Waals surface area contributed by atoms with Crippen LogP contribution in [0.4, 0.5) is 0 Å². The third kappa shape index (κ3) is 3.76. The SMILES string of the molecule is COc1ccc(C=NN=Cc2ccc(OC)cc2O)c(O)c1. The number of methoxy groups -OCH3 is 2. The molecule has 2 rings (SSSR count). The summed E-state index contributed by atoms with van der Waals surface area (Å²) in [6.07, 6.45) is 2.82. The number of nitrogens with zero attached hydrogens (tertiary/aromatic N) is 2. The van der Waals surface area contributed by atoms with E-state index < -0.39 is 0 Å². The molecule has 0 amide bonds. The van der Waals surface area contributed by atoms with E-state index in [1.165, 1.54) is 38.8 Å². The topological polar surface area (TPSA) is 83.6 Å². The highest BCUT2D eigenvalue weighted by atomic mass is 16.5. The molecule has 0 aliphatic rings. The first-order valence-electron chi connectivity index (χ1n) is 6.44. The van der Waals surface area contributed by atoms with Crippen molar-refractivity contribution in [3.05, 3.63) is 47.5 Å². The lowest BCUT2D eigenvalue weighted by Crippen LogP contribution is -1.87. The Morgan fingerprint density at radius 3 is 1.50 bits per heavy atom. The molecule has 0 saturated heterocycles. The van der Waals surface area contributed by atoms with Crippen molar-refractivity contribution in [3.8, 4) is 23.0 Å². The molecule has 2 aromatic carbocycles. The minimum atomic E-state index is 0.0468. The Bertz CT molecular complexity index is 650. The first-order chi connectivity index (χ1) is 10.6. The lowest BCUT2D eigenvalue weighted by molar-refractivity contribution is 0.407. The van der Waals surface area contributed by atoms with Gasteiger partial charge < -0.3 is 19.7 Å². The van der Waals surface area contributed by atoms with Crippen LogP contribution in [-0.4, -0.2) is 36.9 Å². The number of aromatic hydroxyl groups is 2. The van der Waals surface area contributed by atoms with Crippen LogP contribution in [0.25, 0.3) is 0 Å². The Hall–Kier alpha value is -3.02. The largest absolute Gasteiger partial charge is 0.507 e. The van der Waals surface area contributed by atoms with Crippen LogP contribution in [0.5, 0.6) is 23.0 Å². The summed E-state index contributed by atoms with van der Waals surface area (Å²) in [7, 11) is 3.04. The van der Waals surface area contributed by atoms with Gasteiger partial charge in [-0.3, -0.25) is 0 Å². The summed E-state index contributed by atoms with van der Waals surface area (Å²) in [5, 5.41) is 27.2. The van der Waals surface area contributed by atoms with E-state index in [0.717, 1.165) is 0 Å². The molecule has 0 saturated carbocycles. The average molecular weight is 300 g/mol. The Labute approximate surface area is 128 Å². The van der Waals surface area contributed by atoms with E-state index in [-0.39, 0.29) is 11.5 Å². The third-order valence-electron chi connectivity index (χ3n) is 2.94. The molecule has 114 valence electrons. The van der Waals surface area contributed by atoms with Gasteiger partial charge in [0.25, 0.3) is 0 Å². The van der Waals surface area contributed by atoms with Crippen molar-refractivity contribution in [3.63, 3.8) is 0 Å². The van der Waals surface area contributed by atoms with Crippen LogP contribution in [0, 0.1) is 0 Å². The van der Waals surface area contributed by atoms with Crippen LogP contribution in [0.2, 0.25) is 0 Å². The molecule has 0 aliphatic carbocycles. The molecule has 0 fully saturated rings. The van der Waals surface area contributed by atoms with Gasteiger partial charge >= 0.3 is 0 Å². The zero-order valence-electron chi connectivity index (χ0n) is 12.2.